The maximum absolute atomic E-state index is 11.4. The van der Waals surface area contributed by atoms with E-state index in [9.17, 15) is 4.79 Å². The maximum Gasteiger partial charge on any atom is 0.161 e. The summed E-state index contributed by atoms with van der Waals surface area (Å²) in [7, 11) is 0. The number of benzene rings is 1. The lowest BCUT2D eigenvalue weighted by Gasteiger charge is -2.33. The van der Waals surface area contributed by atoms with E-state index >= 15 is 0 Å². The third kappa shape index (κ3) is 2.66. The van der Waals surface area contributed by atoms with Gasteiger partial charge in [0.2, 0.25) is 0 Å². The van der Waals surface area contributed by atoms with Crippen molar-refractivity contribution < 1.29 is 4.79 Å². The molecule has 1 aromatic rings. The third-order valence-electron chi connectivity index (χ3n) is 3.86. The Morgan fingerprint density at radius 2 is 2.17 bits per heavy atom. The zero-order chi connectivity index (χ0) is 13.1. The van der Waals surface area contributed by atoms with Crippen molar-refractivity contribution in [3.05, 3.63) is 23.8 Å². The second-order valence-corrected chi connectivity index (χ2v) is 5.16. The Labute approximate surface area is 109 Å². The summed E-state index contributed by atoms with van der Waals surface area (Å²) in [5.41, 5.74) is 8.29. The molecule has 3 heteroatoms. The summed E-state index contributed by atoms with van der Waals surface area (Å²) in [6, 6.07) is 5.78. The first-order chi connectivity index (χ1) is 8.61. The van der Waals surface area contributed by atoms with Crippen molar-refractivity contribution in [2.45, 2.75) is 33.1 Å². The van der Waals surface area contributed by atoms with Crippen LogP contribution in [-0.2, 0) is 0 Å². The molecule has 1 aromatic carbocycles. The molecule has 0 saturated heterocycles. The molecule has 0 aromatic heterocycles. The Hall–Kier alpha value is -1.51. The van der Waals surface area contributed by atoms with Gasteiger partial charge < -0.3 is 10.6 Å². The average Bonchev–Trinajstić information content (AvgIpc) is 2.27. The van der Waals surface area contributed by atoms with Gasteiger partial charge in [-0.2, -0.15) is 0 Å². The van der Waals surface area contributed by atoms with Gasteiger partial charge in [0, 0.05) is 30.0 Å². The summed E-state index contributed by atoms with van der Waals surface area (Å²) >= 11 is 0. The number of hydrogen-bond acceptors (Lipinski definition) is 3. The number of rotatable bonds is 5. The molecule has 2 N–H and O–H groups in total. The molecule has 2 rings (SSSR count). The number of ketones is 1. The molecule has 0 amide bonds. The van der Waals surface area contributed by atoms with E-state index in [1.165, 1.54) is 19.3 Å². The zero-order valence-electron chi connectivity index (χ0n) is 11.3. The lowest BCUT2D eigenvalue weighted by atomic mass is 9.85. The molecule has 0 unspecified atom stereocenters. The summed E-state index contributed by atoms with van der Waals surface area (Å²) in [6.07, 6.45) is 4.06. The fraction of sp³-hybridized carbons (Fsp3) is 0.533. The fourth-order valence-corrected chi connectivity index (χ4v) is 2.47. The lowest BCUT2D eigenvalue weighted by molar-refractivity contribution is 0.101. The van der Waals surface area contributed by atoms with Crippen molar-refractivity contribution >= 4 is 17.2 Å². The van der Waals surface area contributed by atoms with Crippen LogP contribution in [0.15, 0.2) is 18.2 Å². The molecule has 18 heavy (non-hydrogen) atoms. The zero-order valence-corrected chi connectivity index (χ0v) is 11.3. The van der Waals surface area contributed by atoms with E-state index < -0.39 is 0 Å². The summed E-state index contributed by atoms with van der Waals surface area (Å²) < 4.78 is 0. The van der Waals surface area contributed by atoms with Crippen LogP contribution in [0.2, 0.25) is 0 Å². The SMILES string of the molecule is CCN(CC1CCC1)c1ccc(C(C)=O)c(N)c1. The highest BCUT2D eigenvalue weighted by molar-refractivity contribution is 5.99. The molecular weight excluding hydrogens is 224 g/mol. The predicted octanol–water partition coefficient (Wildman–Crippen LogP) is 3.10. The molecule has 98 valence electrons. The first-order valence-corrected chi connectivity index (χ1v) is 6.77. The van der Waals surface area contributed by atoms with Crippen LogP contribution in [0.1, 0.15) is 43.5 Å². The molecule has 0 atom stereocenters. The first-order valence-electron chi connectivity index (χ1n) is 6.77. The number of nitrogens with two attached hydrogens (primary N) is 1. The van der Waals surface area contributed by atoms with Crippen molar-refractivity contribution in [3.63, 3.8) is 0 Å². The number of carbonyl (C=O) groups is 1. The van der Waals surface area contributed by atoms with Crippen LogP contribution in [0.4, 0.5) is 11.4 Å². The Morgan fingerprint density at radius 3 is 2.61 bits per heavy atom. The van der Waals surface area contributed by atoms with E-state index in [2.05, 4.69) is 11.8 Å². The molecule has 0 radical (unpaired) electrons. The molecule has 0 heterocycles. The van der Waals surface area contributed by atoms with Crippen molar-refractivity contribution in [1.29, 1.82) is 0 Å². The number of carbonyl (C=O) groups excluding carboxylic acids is 1. The first kappa shape index (κ1) is 12.9. The maximum atomic E-state index is 11.4. The number of Topliss-reactive ketones (excluding diaryl/α,β-unsaturated/α-hetero) is 1. The lowest BCUT2D eigenvalue weighted by Crippen LogP contribution is -2.32. The molecule has 0 bridgehead atoms. The van der Waals surface area contributed by atoms with Gasteiger partial charge >= 0.3 is 0 Å². The van der Waals surface area contributed by atoms with Crippen LogP contribution in [0.5, 0.6) is 0 Å². The van der Waals surface area contributed by atoms with Gasteiger partial charge in [-0.15, -0.1) is 0 Å². The quantitative estimate of drug-likeness (QED) is 0.641. The average molecular weight is 246 g/mol. The number of nitrogens with zero attached hydrogens (tertiary/aromatic N) is 1. The highest BCUT2D eigenvalue weighted by Gasteiger charge is 2.20. The van der Waals surface area contributed by atoms with Crippen LogP contribution in [0.25, 0.3) is 0 Å². The van der Waals surface area contributed by atoms with Gasteiger partial charge in [-0.1, -0.05) is 6.42 Å². The molecule has 1 aliphatic carbocycles. The largest absolute Gasteiger partial charge is 0.398 e. The molecule has 1 aliphatic rings. The van der Waals surface area contributed by atoms with Gasteiger partial charge in [0.25, 0.3) is 0 Å². The summed E-state index contributed by atoms with van der Waals surface area (Å²) in [6.45, 7) is 5.80. The van der Waals surface area contributed by atoms with Crippen molar-refractivity contribution in [3.8, 4) is 0 Å². The predicted molar refractivity (Wildman–Crippen MR) is 76.1 cm³/mol. The Morgan fingerprint density at radius 1 is 1.44 bits per heavy atom. The van der Waals surface area contributed by atoms with Crippen LogP contribution < -0.4 is 10.6 Å². The van der Waals surface area contributed by atoms with Crippen molar-refractivity contribution in [2.24, 2.45) is 5.92 Å². The summed E-state index contributed by atoms with van der Waals surface area (Å²) in [5.74, 6) is 0.861. The van der Waals surface area contributed by atoms with Gasteiger partial charge in [0.15, 0.2) is 5.78 Å². The van der Waals surface area contributed by atoms with E-state index in [-0.39, 0.29) is 5.78 Å². The molecule has 3 nitrogen and oxygen atoms in total. The van der Waals surface area contributed by atoms with Crippen LogP contribution in [-0.4, -0.2) is 18.9 Å². The summed E-state index contributed by atoms with van der Waals surface area (Å²) in [5, 5.41) is 0. The normalized spacial score (nSPS) is 15.2. The van der Waals surface area contributed by atoms with Gasteiger partial charge in [-0.3, -0.25) is 4.79 Å². The van der Waals surface area contributed by atoms with Crippen molar-refractivity contribution in [2.75, 3.05) is 23.7 Å². The van der Waals surface area contributed by atoms with E-state index in [1.807, 2.05) is 18.2 Å². The minimum absolute atomic E-state index is 0.0288. The molecular formula is C15H22N2O. The minimum Gasteiger partial charge on any atom is -0.398 e. The molecule has 0 aliphatic heterocycles. The molecule has 0 spiro atoms. The fourth-order valence-electron chi connectivity index (χ4n) is 2.47. The minimum atomic E-state index is 0.0288. The molecule has 1 fully saturated rings. The smallest absolute Gasteiger partial charge is 0.161 e. The standard InChI is InChI=1S/C15H22N2O/c1-3-17(10-12-5-4-6-12)13-7-8-14(11(2)18)15(16)9-13/h7-9,12H,3-6,10,16H2,1-2H3. The van der Waals surface area contributed by atoms with Gasteiger partial charge in [0.1, 0.15) is 0 Å². The van der Waals surface area contributed by atoms with Gasteiger partial charge in [-0.05, 0) is 50.8 Å². The monoisotopic (exact) mass is 246 g/mol. The Balaban J connectivity index is 2.14. The van der Waals surface area contributed by atoms with E-state index in [1.54, 1.807) is 6.92 Å². The van der Waals surface area contributed by atoms with Crippen LogP contribution in [0.3, 0.4) is 0 Å². The van der Waals surface area contributed by atoms with Gasteiger partial charge in [-0.25, -0.2) is 0 Å². The Bertz CT molecular complexity index is 438. The number of anilines is 2. The third-order valence-corrected chi connectivity index (χ3v) is 3.86. The highest BCUT2D eigenvalue weighted by atomic mass is 16.1. The van der Waals surface area contributed by atoms with Crippen molar-refractivity contribution in [1.82, 2.24) is 0 Å². The second-order valence-electron chi connectivity index (χ2n) is 5.16. The van der Waals surface area contributed by atoms with Crippen LogP contribution >= 0.6 is 0 Å². The second kappa shape index (κ2) is 5.42. The molecule has 1 saturated carbocycles. The summed E-state index contributed by atoms with van der Waals surface area (Å²) in [4.78, 5) is 13.7. The number of hydrogen-bond donors (Lipinski definition) is 1. The van der Waals surface area contributed by atoms with E-state index in [4.69, 9.17) is 5.73 Å². The topological polar surface area (TPSA) is 46.3 Å². The van der Waals surface area contributed by atoms with Gasteiger partial charge in [0.05, 0.1) is 0 Å². The van der Waals surface area contributed by atoms with E-state index in [0.29, 0.717) is 11.3 Å². The Kier molecular flexibility index (Phi) is 3.90. The highest BCUT2D eigenvalue weighted by Crippen LogP contribution is 2.30. The van der Waals surface area contributed by atoms with E-state index in [0.717, 1.165) is 24.7 Å². The number of nitrogen functional groups attached to an aromatic ring is 1. The van der Waals surface area contributed by atoms with Crippen LogP contribution in [0, 0.1) is 5.92 Å².